The number of benzene rings is 1. The third-order valence-corrected chi connectivity index (χ3v) is 3.61. The molecule has 2 N–H and O–H groups in total. The van der Waals surface area contributed by atoms with Gasteiger partial charge in [0.25, 0.3) is 0 Å². The molecule has 0 radical (unpaired) electrons. The Labute approximate surface area is 108 Å². The number of rotatable bonds is 3. The Kier molecular flexibility index (Phi) is 3.11. The number of hydrogen-bond donors (Lipinski definition) is 1. The van der Waals surface area contributed by atoms with E-state index >= 15 is 0 Å². The first-order valence-corrected chi connectivity index (χ1v) is 6.65. The van der Waals surface area contributed by atoms with Crippen LogP contribution >= 0.6 is 0 Å². The highest BCUT2D eigenvalue weighted by molar-refractivity contribution is 5.60. The molecule has 92 valence electrons. The monoisotopic (exact) mass is 238 g/mol. The van der Waals surface area contributed by atoms with Gasteiger partial charge in [-0.2, -0.15) is 0 Å². The van der Waals surface area contributed by atoms with Gasteiger partial charge in [-0.05, 0) is 49.4 Å². The fraction of sp³-hybridized carbons (Fsp3) is 0.312. The molecule has 0 saturated carbocycles. The lowest BCUT2D eigenvalue weighted by Crippen LogP contribution is -2.02. The van der Waals surface area contributed by atoms with Crippen molar-refractivity contribution in [2.45, 2.75) is 25.7 Å². The Morgan fingerprint density at radius 2 is 1.83 bits per heavy atom. The molecule has 1 aliphatic carbocycles. The Bertz CT molecular complexity index is 544. The lowest BCUT2D eigenvalue weighted by atomic mass is 10.1. The van der Waals surface area contributed by atoms with Crippen LogP contribution in [-0.4, -0.2) is 11.5 Å². The summed E-state index contributed by atoms with van der Waals surface area (Å²) in [4.78, 5) is 4.77. The molecule has 18 heavy (non-hydrogen) atoms. The van der Waals surface area contributed by atoms with Crippen LogP contribution in [0.4, 0.5) is 0 Å². The highest BCUT2D eigenvalue weighted by Crippen LogP contribution is 2.24. The maximum atomic E-state index is 5.56. The predicted octanol–water partition coefficient (Wildman–Crippen LogP) is 2.74. The van der Waals surface area contributed by atoms with E-state index in [4.69, 9.17) is 10.7 Å². The summed E-state index contributed by atoms with van der Waals surface area (Å²) < 4.78 is 0. The molecule has 1 heterocycles. The van der Waals surface area contributed by atoms with E-state index in [-0.39, 0.29) is 0 Å². The first kappa shape index (κ1) is 11.4. The third-order valence-electron chi connectivity index (χ3n) is 3.61. The van der Waals surface area contributed by atoms with Gasteiger partial charge in [0.05, 0.1) is 5.69 Å². The molecule has 2 aromatic rings. The zero-order chi connectivity index (χ0) is 12.4. The van der Waals surface area contributed by atoms with Crippen molar-refractivity contribution in [3.8, 4) is 11.3 Å². The molecule has 0 bridgehead atoms. The van der Waals surface area contributed by atoms with Crippen LogP contribution in [0.2, 0.25) is 0 Å². The van der Waals surface area contributed by atoms with Crippen LogP contribution in [0.15, 0.2) is 36.4 Å². The molecule has 2 heteroatoms. The summed E-state index contributed by atoms with van der Waals surface area (Å²) in [5.41, 5.74) is 11.9. The Morgan fingerprint density at radius 3 is 2.61 bits per heavy atom. The molecule has 0 unspecified atom stereocenters. The lowest BCUT2D eigenvalue weighted by Gasteiger charge is -2.05. The van der Waals surface area contributed by atoms with E-state index in [1.807, 2.05) is 0 Å². The van der Waals surface area contributed by atoms with Gasteiger partial charge >= 0.3 is 0 Å². The predicted molar refractivity (Wildman–Crippen MR) is 74.5 cm³/mol. The van der Waals surface area contributed by atoms with Gasteiger partial charge in [-0.1, -0.05) is 30.3 Å². The highest BCUT2D eigenvalue weighted by Gasteiger charge is 2.12. The second kappa shape index (κ2) is 4.91. The number of aryl methyl sites for hydroxylation is 2. The third kappa shape index (κ3) is 2.16. The Morgan fingerprint density at radius 1 is 1.00 bits per heavy atom. The smallest absolute Gasteiger partial charge is 0.0705 e. The average Bonchev–Trinajstić information content (AvgIpc) is 2.87. The van der Waals surface area contributed by atoms with Crippen LogP contribution in [0, 0.1) is 0 Å². The van der Waals surface area contributed by atoms with Gasteiger partial charge in [-0.3, -0.25) is 4.98 Å². The summed E-state index contributed by atoms with van der Waals surface area (Å²) in [5, 5.41) is 0. The summed E-state index contributed by atoms with van der Waals surface area (Å²) in [5.74, 6) is 0. The Balaban J connectivity index is 1.90. The SMILES string of the molecule is NCCc1ccc(-c2ccc3c(n2)CCC3)cc1. The van der Waals surface area contributed by atoms with Crippen LogP contribution in [0.25, 0.3) is 11.3 Å². The fourth-order valence-electron chi connectivity index (χ4n) is 2.59. The molecule has 3 rings (SSSR count). The van der Waals surface area contributed by atoms with Crippen molar-refractivity contribution in [3.05, 3.63) is 53.2 Å². The molecule has 0 amide bonds. The summed E-state index contributed by atoms with van der Waals surface area (Å²) in [6.07, 6.45) is 4.52. The fourth-order valence-corrected chi connectivity index (χ4v) is 2.59. The summed E-state index contributed by atoms with van der Waals surface area (Å²) in [7, 11) is 0. The van der Waals surface area contributed by atoms with Crippen LogP contribution in [0.1, 0.15) is 23.2 Å². The molecule has 0 fully saturated rings. The van der Waals surface area contributed by atoms with E-state index in [2.05, 4.69) is 36.4 Å². The molecular weight excluding hydrogens is 220 g/mol. The first-order valence-electron chi connectivity index (χ1n) is 6.65. The summed E-state index contributed by atoms with van der Waals surface area (Å²) >= 11 is 0. The quantitative estimate of drug-likeness (QED) is 0.893. The minimum Gasteiger partial charge on any atom is -0.330 e. The average molecular weight is 238 g/mol. The zero-order valence-electron chi connectivity index (χ0n) is 10.5. The number of hydrogen-bond acceptors (Lipinski definition) is 2. The van der Waals surface area contributed by atoms with Crippen molar-refractivity contribution in [1.82, 2.24) is 4.98 Å². The minimum absolute atomic E-state index is 0.705. The van der Waals surface area contributed by atoms with Crippen molar-refractivity contribution in [2.75, 3.05) is 6.54 Å². The van der Waals surface area contributed by atoms with E-state index in [9.17, 15) is 0 Å². The van der Waals surface area contributed by atoms with Gasteiger partial charge in [0.2, 0.25) is 0 Å². The van der Waals surface area contributed by atoms with Crippen molar-refractivity contribution in [1.29, 1.82) is 0 Å². The van der Waals surface area contributed by atoms with Crippen LogP contribution in [0.3, 0.4) is 0 Å². The number of pyridine rings is 1. The van der Waals surface area contributed by atoms with E-state index in [1.54, 1.807) is 0 Å². The van der Waals surface area contributed by atoms with Crippen molar-refractivity contribution in [3.63, 3.8) is 0 Å². The summed E-state index contributed by atoms with van der Waals surface area (Å²) in [6, 6.07) is 13.0. The molecule has 0 spiro atoms. The summed E-state index contributed by atoms with van der Waals surface area (Å²) in [6.45, 7) is 0.705. The van der Waals surface area contributed by atoms with Crippen molar-refractivity contribution >= 4 is 0 Å². The normalized spacial score (nSPS) is 13.6. The molecule has 1 aromatic heterocycles. The van der Waals surface area contributed by atoms with Crippen LogP contribution in [0.5, 0.6) is 0 Å². The van der Waals surface area contributed by atoms with Gasteiger partial charge in [0.15, 0.2) is 0 Å². The largest absolute Gasteiger partial charge is 0.330 e. The molecule has 2 nitrogen and oxygen atoms in total. The maximum Gasteiger partial charge on any atom is 0.0705 e. The number of fused-ring (bicyclic) bond motifs is 1. The number of nitrogens with two attached hydrogens (primary N) is 1. The van der Waals surface area contributed by atoms with Crippen molar-refractivity contribution in [2.24, 2.45) is 5.73 Å². The molecule has 1 aliphatic rings. The topological polar surface area (TPSA) is 38.9 Å². The van der Waals surface area contributed by atoms with E-state index in [1.165, 1.54) is 35.2 Å². The maximum absolute atomic E-state index is 5.56. The molecule has 0 atom stereocenters. The van der Waals surface area contributed by atoms with E-state index < -0.39 is 0 Å². The second-order valence-corrected chi connectivity index (χ2v) is 4.89. The highest BCUT2D eigenvalue weighted by atomic mass is 14.7. The van der Waals surface area contributed by atoms with Gasteiger partial charge < -0.3 is 5.73 Å². The zero-order valence-corrected chi connectivity index (χ0v) is 10.5. The van der Waals surface area contributed by atoms with Gasteiger partial charge in [0, 0.05) is 11.3 Å². The number of nitrogens with zero attached hydrogens (tertiary/aromatic N) is 1. The lowest BCUT2D eigenvalue weighted by molar-refractivity contribution is 0.900. The first-order chi connectivity index (χ1) is 8.86. The van der Waals surface area contributed by atoms with Crippen LogP contribution < -0.4 is 5.73 Å². The molecular formula is C16H18N2. The minimum atomic E-state index is 0.705. The van der Waals surface area contributed by atoms with Crippen LogP contribution in [-0.2, 0) is 19.3 Å². The molecule has 0 aliphatic heterocycles. The van der Waals surface area contributed by atoms with E-state index in [0.29, 0.717) is 6.54 Å². The Hall–Kier alpha value is -1.67. The molecule has 0 saturated heterocycles. The van der Waals surface area contributed by atoms with Gasteiger partial charge in [-0.15, -0.1) is 0 Å². The molecule has 1 aromatic carbocycles. The van der Waals surface area contributed by atoms with Gasteiger partial charge in [0.1, 0.15) is 0 Å². The van der Waals surface area contributed by atoms with Gasteiger partial charge in [-0.25, -0.2) is 0 Å². The van der Waals surface area contributed by atoms with E-state index in [0.717, 1.165) is 18.5 Å². The van der Waals surface area contributed by atoms with Crippen molar-refractivity contribution < 1.29 is 0 Å². The standard InChI is InChI=1S/C16H18N2/c17-11-10-12-4-6-14(7-5-12)16-9-8-13-2-1-3-15(13)18-16/h4-9H,1-3,10-11,17H2. The second-order valence-electron chi connectivity index (χ2n) is 4.89. The number of aromatic nitrogens is 1.